The number of rotatable bonds is 1. The number of H-pyrrole nitrogens is 1. The van der Waals surface area contributed by atoms with E-state index < -0.39 is 5.56 Å². The Morgan fingerprint density at radius 1 is 1.31 bits per heavy atom. The van der Waals surface area contributed by atoms with Gasteiger partial charge >= 0.3 is 0 Å². The van der Waals surface area contributed by atoms with Gasteiger partial charge in [0.15, 0.2) is 5.88 Å². The van der Waals surface area contributed by atoms with Crippen molar-refractivity contribution in [1.82, 2.24) is 15.2 Å². The first-order valence-electron chi connectivity index (χ1n) is 5.10. The number of nitrogens with one attached hydrogen (secondary N) is 2. The van der Waals surface area contributed by atoms with E-state index in [9.17, 15) is 14.7 Å². The molecule has 1 aromatic rings. The van der Waals surface area contributed by atoms with E-state index >= 15 is 0 Å². The topological polar surface area (TPSA) is 85.4 Å². The third kappa shape index (κ3) is 2.22. The zero-order valence-electron chi connectivity index (χ0n) is 8.69. The number of aromatic nitrogens is 1. The lowest BCUT2D eigenvalue weighted by Gasteiger charge is -2.27. The van der Waals surface area contributed by atoms with E-state index in [-0.39, 0.29) is 17.4 Å². The van der Waals surface area contributed by atoms with Crippen LogP contribution < -0.4 is 10.9 Å². The molecule has 16 heavy (non-hydrogen) atoms. The summed E-state index contributed by atoms with van der Waals surface area (Å²) in [6.45, 7) is 2.74. The minimum absolute atomic E-state index is 0.220. The molecule has 1 aliphatic heterocycles. The molecule has 0 saturated carbocycles. The van der Waals surface area contributed by atoms with Crippen LogP contribution in [0.25, 0.3) is 0 Å². The van der Waals surface area contributed by atoms with Crippen molar-refractivity contribution >= 4 is 5.91 Å². The van der Waals surface area contributed by atoms with Gasteiger partial charge in [0.05, 0.1) is 5.56 Å². The summed E-state index contributed by atoms with van der Waals surface area (Å²) in [6, 6.07) is 2.47. The molecule has 0 aromatic carbocycles. The fourth-order valence-corrected chi connectivity index (χ4v) is 1.70. The molecule has 0 aliphatic carbocycles. The Kier molecular flexibility index (Phi) is 2.91. The zero-order valence-corrected chi connectivity index (χ0v) is 8.69. The van der Waals surface area contributed by atoms with Crippen LogP contribution in [0.5, 0.6) is 5.88 Å². The Morgan fingerprint density at radius 3 is 2.62 bits per heavy atom. The van der Waals surface area contributed by atoms with Crippen LogP contribution in [-0.4, -0.2) is 47.1 Å². The second-order valence-electron chi connectivity index (χ2n) is 3.66. The van der Waals surface area contributed by atoms with Gasteiger partial charge in [0.2, 0.25) is 0 Å². The third-order valence-electron chi connectivity index (χ3n) is 2.48. The fraction of sp³-hybridized carbons (Fsp3) is 0.400. The van der Waals surface area contributed by atoms with Gasteiger partial charge in [-0.05, 0) is 0 Å². The minimum atomic E-state index is -0.474. The molecule has 1 aromatic heterocycles. The summed E-state index contributed by atoms with van der Waals surface area (Å²) in [4.78, 5) is 26.9. The van der Waals surface area contributed by atoms with E-state index in [1.807, 2.05) is 0 Å². The predicted octanol–water partition coefficient (Wildman–Crippen LogP) is -0.874. The van der Waals surface area contributed by atoms with Gasteiger partial charge in [-0.2, -0.15) is 0 Å². The summed E-state index contributed by atoms with van der Waals surface area (Å²) in [7, 11) is 0. The molecule has 3 N–H and O–H groups in total. The number of pyridine rings is 1. The highest BCUT2D eigenvalue weighted by atomic mass is 16.3. The van der Waals surface area contributed by atoms with Crippen LogP contribution in [0.1, 0.15) is 10.4 Å². The van der Waals surface area contributed by atoms with Crippen LogP contribution in [0.2, 0.25) is 0 Å². The monoisotopic (exact) mass is 223 g/mol. The van der Waals surface area contributed by atoms with Crippen LogP contribution >= 0.6 is 0 Å². The molecule has 1 fully saturated rings. The molecule has 2 rings (SSSR count). The molecule has 1 aliphatic rings. The second-order valence-corrected chi connectivity index (χ2v) is 3.66. The van der Waals surface area contributed by atoms with Crippen LogP contribution in [0.3, 0.4) is 0 Å². The number of nitrogens with zero attached hydrogens (tertiary/aromatic N) is 1. The van der Waals surface area contributed by atoms with Gasteiger partial charge in [0, 0.05) is 38.3 Å². The van der Waals surface area contributed by atoms with Gasteiger partial charge in [-0.15, -0.1) is 0 Å². The SMILES string of the molecule is O=C(c1cc(O)[nH]c(=O)c1)N1CCNCC1. The smallest absolute Gasteiger partial charge is 0.254 e. The lowest BCUT2D eigenvalue weighted by atomic mass is 10.2. The van der Waals surface area contributed by atoms with Crippen LogP contribution in [-0.2, 0) is 0 Å². The normalized spacial score (nSPS) is 16.1. The van der Waals surface area contributed by atoms with Crippen molar-refractivity contribution in [2.45, 2.75) is 0 Å². The van der Waals surface area contributed by atoms with Gasteiger partial charge in [-0.1, -0.05) is 0 Å². The van der Waals surface area contributed by atoms with Crippen molar-refractivity contribution in [3.05, 3.63) is 28.0 Å². The van der Waals surface area contributed by atoms with E-state index in [4.69, 9.17) is 0 Å². The molecule has 1 saturated heterocycles. The number of hydrogen-bond acceptors (Lipinski definition) is 4. The predicted molar refractivity (Wildman–Crippen MR) is 57.5 cm³/mol. The maximum atomic E-state index is 11.9. The maximum Gasteiger partial charge on any atom is 0.254 e. The minimum Gasteiger partial charge on any atom is -0.494 e. The van der Waals surface area contributed by atoms with E-state index in [0.717, 1.165) is 13.1 Å². The quantitative estimate of drug-likeness (QED) is 0.577. The molecule has 6 heteroatoms. The number of carbonyl (C=O) groups excluding carboxylic acids is 1. The summed E-state index contributed by atoms with van der Waals surface area (Å²) in [6.07, 6.45) is 0. The molecule has 1 amide bonds. The Balaban J connectivity index is 2.22. The zero-order chi connectivity index (χ0) is 11.5. The molecule has 6 nitrogen and oxygen atoms in total. The van der Waals surface area contributed by atoms with Crippen molar-refractivity contribution in [2.24, 2.45) is 0 Å². The van der Waals surface area contributed by atoms with E-state index in [1.165, 1.54) is 12.1 Å². The number of piperazine rings is 1. The molecule has 0 spiro atoms. The Bertz CT molecular complexity index is 449. The van der Waals surface area contributed by atoms with E-state index in [0.29, 0.717) is 13.1 Å². The van der Waals surface area contributed by atoms with Crippen LogP contribution in [0, 0.1) is 0 Å². The molecular weight excluding hydrogens is 210 g/mol. The molecule has 0 bridgehead atoms. The van der Waals surface area contributed by atoms with Gasteiger partial charge in [0.1, 0.15) is 0 Å². The molecule has 0 radical (unpaired) electrons. The van der Waals surface area contributed by atoms with Crippen LogP contribution in [0.4, 0.5) is 0 Å². The van der Waals surface area contributed by atoms with Crippen LogP contribution in [0.15, 0.2) is 16.9 Å². The van der Waals surface area contributed by atoms with Crippen molar-refractivity contribution in [3.8, 4) is 5.88 Å². The molecule has 0 unspecified atom stereocenters. The van der Waals surface area contributed by atoms with Crippen molar-refractivity contribution in [1.29, 1.82) is 0 Å². The molecule has 86 valence electrons. The number of carbonyl (C=O) groups is 1. The Labute approximate surface area is 91.9 Å². The number of hydrogen-bond donors (Lipinski definition) is 3. The summed E-state index contributed by atoms with van der Waals surface area (Å²) in [5, 5.41) is 12.3. The molecule has 2 heterocycles. The number of aromatic amines is 1. The highest BCUT2D eigenvalue weighted by molar-refractivity contribution is 5.94. The lowest BCUT2D eigenvalue weighted by molar-refractivity contribution is 0.0735. The van der Waals surface area contributed by atoms with Crippen molar-refractivity contribution < 1.29 is 9.90 Å². The standard InChI is InChI=1S/C10H13N3O3/c14-8-5-7(6-9(15)12-8)10(16)13-3-1-11-2-4-13/h5-6,11H,1-4H2,(H2,12,14,15). The van der Waals surface area contributed by atoms with Gasteiger partial charge in [-0.3, -0.25) is 14.6 Å². The fourth-order valence-electron chi connectivity index (χ4n) is 1.70. The largest absolute Gasteiger partial charge is 0.494 e. The first kappa shape index (κ1) is 10.7. The maximum absolute atomic E-state index is 11.9. The lowest BCUT2D eigenvalue weighted by Crippen LogP contribution is -2.46. The summed E-state index contributed by atoms with van der Waals surface area (Å²) in [5.74, 6) is -0.506. The summed E-state index contributed by atoms with van der Waals surface area (Å²) >= 11 is 0. The Hall–Kier alpha value is -1.82. The van der Waals surface area contributed by atoms with Crippen molar-refractivity contribution in [3.63, 3.8) is 0 Å². The van der Waals surface area contributed by atoms with Crippen molar-refractivity contribution in [2.75, 3.05) is 26.2 Å². The third-order valence-corrected chi connectivity index (χ3v) is 2.48. The highest BCUT2D eigenvalue weighted by Crippen LogP contribution is 2.08. The Morgan fingerprint density at radius 2 is 2.00 bits per heavy atom. The number of aromatic hydroxyl groups is 1. The van der Waals surface area contributed by atoms with E-state index in [1.54, 1.807) is 4.90 Å². The first-order valence-corrected chi connectivity index (χ1v) is 5.10. The van der Waals surface area contributed by atoms with Gasteiger partial charge in [0.25, 0.3) is 11.5 Å². The highest BCUT2D eigenvalue weighted by Gasteiger charge is 2.18. The average Bonchev–Trinajstić information content (AvgIpc) is 2.28. The first-order chi connectivity index (χ1) is 7.66. The van der Waals surface area contributed by atoms with Gasteiger partial charge < -0.3 is 15.3 Å². The van der Waals surface area contributed by atoms with E-state index in [2.05, 4.69) is 10.3 Å². The van der Waals surface area contributed by atoms with Gasteiger partial charge in [-0.25, -0.2) is 0 Å². The second kappa shape index (κ2) is 4.36. The number of amides is 1. The summed E-state index contributed by atoms with van der Waals surface area (Å²) in [5.41, 5.74) is -0.248. The molecule has 0 atom stereocenters. The molecular formula is C10H13N3O3. The summed E-state index contributed by atoms with van der Waals surface area (Å²) < 4.78 is 0. The average molecular weight is 223 g/mol.